The average molecular weight is 304 g/mol. The fourth-order valence-corrected chi connectivity index (χ4v) is 3.37. The predicted molar refractivity (Wildman–Crippen MR) is 82.0 cm³/mol. The van der Waals surface area contributed by atoms with Crippen molar-refractivity contribution in [2.24, 2.45) is 11.3 Å². The van der Waals surface area contributed by atoms with Gasteiger partial charge in [0.15, 0.2) is 12.4 Å². The Labute approximate surface area is 131 Å². The molecule has 0 saturated carbocycles. The Bertz CT molecular complexity index is 549. The molecule has 22 heavy (non-hydrogen) atoms. The van der Waals surface area contributed by atoms with Crippen LogP contribution in [0.2, 0.25) is 0 Å². The number of hydrogen-bond acceptors (Lipinski definition) is 4. The van der Waals surface area contributed by atoms with E-state index in [0.29, 0.717) is 0 Å². The summed E-state index contributed by atoms with van der Waals surface area (Å²) >= 11 is 0. The van der Waals surface area contributed by atoms with Crippen LogP contribution in [0.3, 0.4) is 0 Å². The van der Waals surface area contributed by atoms with Gasteiger partial charge < -0.3 is 14.2 Å². The zero-order valence-corrected chi connectivity index (χ0v) is 13.7. The SMILES string of the molecule is CC1(C)C[C@H]2[C@@H](C(=O)OCc3ccccc3)O[C@@H]1OC2(C)C. The first-order valence-corrected chi connectivity index (χ1v) is 7.83. The first kappa shape index (κ1) is 15.5. The van der Waals surface area contributed by atoms with Gasteiger partial charge in [-0.25, -0.2) is 4.79 Å². The molecule has 0 aromatic heterocycles. The largest absolute Gasteiger partial charge is 0.459 e. The normalized spacial score (nSPS) is 31.7. The van der Waals surface area contributed by atoms with E-state index >= 15 is 0 Å². The summed E-state index contributed by atoms with van der Waals surface area (Å²) in [5.41, 5.74) is 0.540. The standard InChI is InChI=1S/C18H24O4/c1-17(2)10-13-14(21-16(17)22-18(13,3)4)15(19)20-11-12-8-6-5-7-9-12/h5-9,13-14,16H,10-11H2,1-4H3/t13-,14-,16+/m0/s1. The molecule has 3 fully saturated rings. The van der Waals surface area contributed by atoms with E-state index in [1.165, 1.54) is 0 Å². The van der Waals surface area contributed by atoms with Crippen molar-refractivity contribution < 1.29 is 19.0 Å². The van der Waals surface area contributed by atoms with Crippen LogP contribution in [0.5, 0.6) is 0 Å². The van der Waals surface area contributed by atoms with Gasteiger partial charge in [-0.3, -0.25) is 0 Å². The third kappa shape index (κ3) is 2.77. The zero-order chi connectivity index (χ0) is 16.0. The summed E-state index contributed by atoms with van der Waals surface area (Å²) in [6, 6.07) is 9.69. The molecule has 3 saturated heterocycles. The summed E-state index contributed by atoms with van der Waals surface area (Å²) < 4.78 is 17.4. The molecule has 0 N–H and O–H groups in total. The van der Waals surface area contributed by atoms with Gasteiger partial charge in [0.1, 0.15) is 6.61 Å². The Morgan fingerprint density at radius 2 is 1.91 bits per heavy atom. The van der Waals surface area contributed by atoms with Crippen molar-refractivity contribution in [3.63, 3.8) is 0 Å². The van der Waals surface area contributed by atoms with Crippen LogP contribution in [0.25, 0.3) is 0 Å². The first-order valence-electron chi connectivity index (χ1n) is 7.83. The number of carbonyl (C=O) groups is 1. The van der Waals surface area contributed by atoms with Crippen molar-refractivity contribution in [2.45, 2.75) is 58.7 Å². The summed E-state index contributed by atoms with van der Waals surface area (Å²) in [6.45, 7) is 8.57. The highest BCUT2D eigenvalue weighted by Crippen LogP contribution is 2.51. The molecule has 3 atom stereocenters. The molecule has 3 aliphatic heterocycles. The van der Waals surface area contributed by atoms with Gasteiger partial charge >= 0.3 is 5.97 Å². The molecule has 4 nitrogen and oxygen atoms in total. The topological polar surface area (TPSA) is 44.8 Å². The molecule has 1 aromatic carbocycles. The van der Waals surface area contributed by atoms with Gasteiger partial charge in [-0.15, -0.1) is 0 Å². The molecule has 0 aliphatic carbocycles. The van der Waals surface area contributed by atoms with Gasteiger partial charge in [0, 0.05) is 11.3 Å². The van der Waals surface area contributed by atoms with Gasteiger partial charge in [0.05, 0.1) is 5.60 Å². The summed E-state index contributed by atoms with van der Waals surface area (Å²) in [5.74, 6) is -0.276. The van der Waals surface area contributed by atoms with E-state index in [1.54, 1.807) is 0 Å². The molecule has 120 valence electrons. The average Bonchev–Trinajstić information content (AvgIpc) is 2.46. The Kier molecular flexibility index (Phi) is 3.77. The van der Waals surface area contributed by atoms with E-state index in [2.05, 4.69) is 13.8 Å². The minimum Gasteiger partial charge on any atom is -0.459 e. The quantitative estimate of drug-likeness (QED) is 0.804. The third-order valence-electron chi connectivity index (χ3n) is 4.78. The monoisotopic (exact) mass is 304 g/mol. The number of hydrogen-bond donors (Lipinski definition) is 0. The number of rotatable bonds is 3. The van der Waals surface area contributed by atoms with Gasteiger partial charge in [-0.05, 0) is 25.8 Å². The fourth-order valence-electron chi connectivity index (χ4n) is 3.37. The number of fused-ring (bicyclic) bond motifs is 3. The summed E-state index contributed by atoms with van der Waals surface area (Å²) in [6.07, 6.45) is 0.00253. The molecule has 0 radical (unpaired) electrons. The molecule has 0 unspecified atom stereocenters. The highest BCUT2D eigenvalue weighted by atomic mass is 16.7. The maximum Gasteiger partial charge on any atom is 0.336 e. The molecule has 4 heteroatoms. The highest BCUT2D eigenvalue weighted by molar-refractivity contribution is 5.75. The lowest BCUT2D eigenvalue weighted by Gasteiger charge is -2.57. The first-order chi connectivity index (χ1) is 10.3. The van der Waals surface area contributed by atoms with E-state index in [0.717, 1.165) is 12.0 Å². The maximum atomic E-state index is 12.5. The van der Waals surface area contributed by atoms with Crippen molar-refractivity contribution in [2.75, 3.05) is 0 Å². The molecule has 0 amide bonds. The number of esters is 1. The van der Waals surface area contributed by atoms with Crippen LogP contribution in [-0.4, -0.2) is 24.0 Å². The third-order valence-corrected chi connectivity index (χ3v) is 4.78. The van der Waals surface area contributed by atoms with E-state index in [-0.39, 0.29) is 35.8 Å². The number of carbonyl (C=O) groups excluding carboxylic acids is 1. The predicted octanol–water partition coefficient (Wildman–Crippen LogP) is 3.30. The van der Waals surface area contributed by atoms with Gasteiger partial charge in [0.2, 0.25) is 0 Å². The molecule has 3 heterocycles. The number of ether oxygens (including phenoxy) is 3. The fraction of sp³-hybridized carbons (Fsp3) is 0.611. The Balaban J connectivity index is 1.68. The van der Waals surface area contributed by atoms with Crippen LogP contribution >= 0.6 is 0 Å². The van der Waals surface area contributed by atoms with E-state index < -0.39 is 6.10 Å². The number of benzene rings is 1. The van der Waals surface area contributed by atoms with Crippen LogP contribution in [-0.2, 0) is 25.6 Å². The minimum absolute atomic E-state index is 0.00998. The van der Waals surface area contributed by atoms with Crippen LogP contribution in [0.15, 0.2) is 30.3 Å². The van der Waals surface area contributed by atoms with Crippen LogP contribution in [0, 0.1) is 11.3 Å². The van der Waals surface area contributed by atoms with Crippen LogP contribution < -0.4 is 0 Å². The second-order valence-electron chi connectivity index (χ2n) is 7.50. The lowest BCUT2D eigenvalue weighted by molar-refractivity contribution is -0.367. The van der Waals surface area contributed by atoms with Crippen molar-refractivity contribution in [3.05, 3.63) is 35.9 Å². The second-order valence-corrected chi connectivity index (χ2v) is 7.50. The van der Waals surface area contributed by atoms with Crippen molar-refractivity contribution >= 4 is 5.97 Å². The molecule has 1 aromatic rings. The highest BCUT2D eigenvalue weighted by Gasteiger charge is 2.58. The molecule has 4 rings (SSSR count). The van der Waals surface area contributed by atoms with E-state index in [4.69, 9.17) is 14.2 Å². The summed E-state index contributed by atoms with van der Waals surface area (Å²) in [4.78, 5) is 12.5. The molecule has 3 aliphatic rings. The summed E-state index contributed by atoms with van der Waals surface area (Å²) in [5, 5.41) is 0. The lowest BCUT2D eigenvalue weighted by Crippen LogP contribution is -2.64. The zero-order valence-electron chi connectivity index (χ0n) is 13.7. The van der Waals surface area contributed by atoms with Gasteiger partial charge in [-0.2, -0.15) is 0 Å². The van der Waals surface area contributed by atoms with Crippen LogP contribution in [0.4, 0.5) is 0 Å². The maximum absolute atomic E-state index is 12.5. The van der Waals surface area contributed by atoms with Crippen molar-refractivity contribution in [1.29, 1.82) is 0 Å². The molecule has 0 spiro atoms. The second kappa shape index (κ2) is 5.36. The smallest absolute Gasteiger partial charge is 0.336 e. The summed E-state index contributed by atoms with van der Waals surface area (Å²) in [7, 11) is 0. The Morgan fingerprint density at radius 1 is 1.23 bits per heavy atom. The molecular weight excluding hydrogens is 280 g/mol. The Morgan fingerprint density at radius 3 is 2.55 bits per heavy atom. The van der Waals surface area contributed by atoms with Crippen molar-refractivity contribution in [3.8, 4) is 0 Å². The van der Waals surface area contributed by atoms with Gasteiger partial charge in [0.25, 0.3) is 0 Å². The minimum atomic E-state index is -0.537. The van der Waals surface area contributed by atoms with Crippen molar-refractivity contribution in [1.82, 2.24) is 0 Å². The van der Waals surface area contributed by atoms with Gasteiger partial charge in [-0.1, -0.05) is 44.2 Å². The van der Waals surface area contributed by atoms with E-state index in [9.17, 15) is 4.79 Å². The Hall–Kier alpha value is -1.39. The molecular formula is C18H24O4. The lowest BCUT2D eigenvalue weighted by atomic mass is 9.68. The molecule has 2 bridgehead atoms. The van der Waals surface area contributed by atoms with E-state index in [1.807, 2.05) is 44.2 Å². The van der Waals surface area contributed by atoms with Crippen LogP contribution in [0.1, 0.15) is 39.7 Å².